The second-order valence-electron chi connectivity index (χ2n) is 9.55. The molecule has 1 heteroatoms. The van der Waals surface area contributed by atoms with Crippen molar-refractivity contribution in [2.24, 2.45) is 0 Å². The van der Waals surface area contributed by atoms with E-state index in [4.69, 9.17) is 14.0 Å². The number of hydrogen-bond donors (Lipinski definition) is 0. The average molecular weight is 504 g/mol. The van der Waals surface area contributed by atoms with Gasteiger partial charge in [-0.15, -0.1) is 0 Å². The first-order valence-electron chi connectivity index (χ1n) is 16.3. The Bertz CT molecular complexity index is 2500. The minimum absolute atomic E-state index is 0.0183. The summed E-state index contributed by atoms with van der Waals surface area (Å²) in [4.78, 5) is 0. The molecule has 0 N–H and O–H groups in total. The maximum atomic E-state index is 9.14. The number of para-hydroxylation sites is 1. The molecule has 0 spiro atoms. The van der Waals surface area contributed by atoms with E-state index in [2.05, 4.69) is 36.4 Å². The molecular weight excluding hydrogens is 472 g/mol. The molecule has 7 aromatic carbocycles. The summed E-state index contributed by atoms with van der Waals surface area (Å²) in [6.45, 7) is 0. The Hall–Kier alpha value is -5.14. The van der Waals surface area contributed by atoms with Crippen LogP contribution < -0.4 is 0 Å². The van der Waals surface area contributed by atoms with Crippen LogP contribution in [-0.4, -0.2) is 0 Å². The zero-order valence-corrected chi connectivity index (χ0v) is 20.7. The Morgan fingerprint density at radius 2 is 0.974 bits per heavy atom. The molecule has 8 aromatic rings. The summed E-state index contributed by atoms with van der Waals surface area (Å²) in [5.41, 5.74) is 4.78. The average Bonchev–Trinajstić information content (AvgIpc) is 3.50. The van der Waals surface area contributed by atoms with Crippen molar-refractivity contribution in [2.75, 3.05) is 0 Å². The zero-order chi connectivity index (χ0) is 31.9. The zero-order valence-electron chi connectivity index (χ0n) is 27.7. The van der Waals surface area contributed by atoms with Gasteiger partial charge in [-0.25, -0.2) is 0 Å². The number of fused-ring (bicyclic) bond motifs is 5. The first kappa shape index (κ1) is 16.0. The van der Waals surface area contributed by atoms with E-state index < -0.39 is 12.1 Å². The van der Waals surface area contributed by atoms with E-state index in [0.29, 0.717) is 5.56 Å². The van der Waals surface area contributed by atoms with E-state index >= 15 is 0 Å². The van der Waals surface area contributed by atoms with Crippen LogP contribution >= 0.6 is 0 Å². The molecule has 39 heavy (non-hydrogen) atoms. The van der Waals surface area contributed by atoms with Crippen LogP contribution in [0.5, 0.6) is 0 Å². The van der Waals surface area contributed by atoms with Crippen molar-refractivity contribution in [3.63, 3.8) is 0 Å². The van der Waals surface area contributed by atoms with Gasteiger partial charge >= 0.3 is 0 Å². The molecule has 1 aromatic heterocycles. The molecule has 0 fully saturated rings. The molecule has 1 heterocycles. The molecule has 0 amide bonds. The Labute approximate surface area is 236 Å². The molecule has 0 aliphatic carbocycles. The second kappa shape index (κ2) is 8.72. The molecule has 8 rings (SSSR count). The predicted molar refractivity (Wildman–Crippen MR) is 165 cm³/mol. The fourth-order valence-corrected chi connectivity index (χ4v) is 5.63. The van der Waals surface area contributed by atoms with Gasteiger partial charge in [0.25, 0.3) is 0 Å². The van der Waals surface area contributed by atoms with Crippen molar-refractivity contribution in [2.45, 2.75) is 0 Å². The van der Waals surface area contributed by atoms with Gasteiger partial charge in [0.2, 0.25) is 0 Å². The predicted octanol–water partition coefficient (Wildman–Crippen LogP) is 10.9. The third-order valence-electron chi connectivity index (χ3n) is 7.32. The highest BCUT2D eigenvalue weighted by atomic mass is 16.3. The van der Waals surface area contributed by atoms with E-state index in [0.717, 1.165) is 43.8 Å². The molecule has 0 radical (unpaired) electrons. The first-order chi connectivity index (χ1) is 22.3. The van der Waals surface area contributed by atoms with Crippen LogP contribution in [0.25, 0.3) is 76.9 Å². The largest absolute Gasteiger partial charge is 0.456 e. The Morgan fingerprint density at radius 3 is 1.69 bits per heavy atom. The third kappa shape index (κ3) is 3.48. The Balaban J connectivity index is 1.42. The summed E-state index contributed by atoms with van der Waals surface area (Å²) < 4.78 is 66.0. The van der Waals surface area contributed by atoms with Gasteiger partial charge in [-0.3, -0.25) is 0 Å². The Morgan fingerprint density at radius 1 is 0.410 bits per heavy atom. The fourth-order valence-electron chi connectivity index (χ4n) is 5.63. The van der Waals surface area contributed by atoms with Gasteiger partial charge < -0.3 is 4.42 Å². The molecule has 0 atom stereocenters. The van der Waals surface area contributed by atoms with Crippen molar-refractivity contribution in [1.29, 1.82) is 0 Å². The summed E-state index contributed by atoms with van der Waals surface area (Å²) in [5, 5.41) is 4.40. The quantitative estimate of drug-likeness (QED) is 0.219. The number of hydrogen-bond acceptors (Lipinski definition) is 1. The van der Waals surface area contributed by atoms with Crippen molar-refractivity contribution in [3.05, 3.63) is 145 Å². The fraction of sp³-hybridized carbons (Fsp3) is 0. The van der Waals surface area contributed by atoms with Gasteiger partial charge in [0.15, 0.2) is 0 Å². The maximum Gasteiger partial charge on any atom is 0.136 e. The minimum atomic E-state index is -0.452. The van der Waals surface area contributed by atoms with E-state index in [1.807, 2.05) is 60.7 Å². The number of rotatable bonds is 3. The number of benzene rings is 7. The first-order valence-corrected chi connectivity index (χ1v) is 12.8. The monoisotopic (exact) mass is 503 g/mol. The molecule has 0 saturated carbocycles. The van der Waals surface area contributed by atoms with Gasteiger partial charge in [0, 0.05) is 10.8 Å². The highest BCUT2D eigenvalue weighted by Gasteiger charge is 2.17. The van der Waals surface area contributed by atoms with Gasteiger partial charge in [-0.1, -0.05) is 121 Å². The summed E-state index contributed by atoms with van der Waals surface area (Å²) in [6.07, 6.45) is 0. The van der Waals surface area contributed by atoms with E-state index in [-0.39, 0.29) is 57.7 Å². The summed E-state index contributed by atoms with van der Waals surface area (Å²) >= 11 is 0. The van der Waals surface area contributed by atoms with Crippen LogP contribution in [0, 0.1) is 0 Å². The molecule has 0 aliphatic heterocycles. The summed E-state index contributed by atoms with van der Waals surface area (Å²) in [5.74, 6) is 0. The standard InChI is InChI=1S/C38H24O/c1-2-11-25(12-3-1)37-31-16-4-6-18-33(31)38(34-19-7-5-17-32(34)37)28-14-10-13-26(23-28)27-21-22-30-29-15-8-9-20-35(29)39-36(30)24-27/h1-24H/i8D,9D,15D,20D,21D,22D,24D. The lowest BCUT2D eigenvalue weighted by molar-refractivity contribution is 0.669. The van der Waals surface area contributed by atoms with Crippen molar-refractivity contribution in [1.82, 2.24) is 0 Å². The highest BCUT2D eigenvalue weighted by molar-refractivity contribution is 6.21. The molecule has 0 unspecified atom stereocenters. The molecule has 1 nitrogen and oxygen atoms in total. The van der Waals surface area contributed by atoms with Crippen LogP contribution in [-0.2, 0) is 0 Å². The molecule has 0 aliphatic rings. The van der Waals surface area contributed by atoms with Crippen LogP contribution in [0.1, 0.15) is 9.60 Å². The molecule has 182 valence electrons. The number of furan rings is 1. The lowest BCUT2D eigenvalue weighted by atomic mass is 9.85. The summed E-state index contributed by atoms with van der Waals surface area (Å²) in [6, 6.07) is 32.4. The third-order valence-corrected chi connectivity index (χ3v) is 7.32. The normalized spacial score (nSPS) is 14.1. The minimum Gasteiger partial charge on any atom is -0.456 e. The highest BCUT2D eigenvalue weighted by Crippen LogP contribution is 2.44. The summed E-state index contributed by atoms with van der Waals surface area (Å²) in [7, 11) is 0. The smallest absolute Gasteiger partial charge is 0.136 e. The van der Waals surface area contributed by atoms with E-state index in [1.54, 1.807) is 6.07 Å². The second-order valence-corrected chi connectivity index (χ2v) is 9.55. The van der Waals surface area contributed by atoms with Crippen LogP contribution in [0.15, 0.2) is 150 Å². The Kier molecular flexibility index (Phi) is 3.57. The lowest BCUT2D eigenvalue weighted by Gasteiger charge is -2.18. The van der Waals surface area contributed by atoms with Gasteiger partial charge in [0.1, 0.15) is 11.2 Å². The maximum absolute atomic E-state index is 9.14. The van der Waals surface area contributed by atoms with Crippen molar-refractivity contribution in [3.8, 4) is 33.4 Å². The van der Waals surface area contributed by atoms with Crippen molar-refractivity contribution < 1.29 is 14.0 Å². The molecule has 0 saturated heterocycles. The van der Waals surface area contributed by atoms with Crippen LogP contribution in [0.3, 0.4) is 0 Å². The van der Waals surface area contributed by atoms with Gasteiger partial charge in [0.05, 0.1) is 9.60 Å². The van der Waals surface area contributed by atoms with Gasteiger partial charge in [-0.2, -0.15) is 0 Å². The SMILES string of the molecule is [2H]c1c([2H])c([2H])c2c(oc3c([2H])c(-c4cccc(-c5c6ccccc6c(-c6ccccc6)c6ccccc56)c4)c([2H])c([2H])c32)c1[2H]. The molecular formula is C38H24O. The lowest BCUT2D eigenvalue weighted by Crippen LogP contribution is -1.91. The van der Waals surface area contributed by atoms with E-state index in [1.165, 1.54) is 0 Å². The van der Waals surface area contributed by atoms with Crippen LogP contribution in [0.2, 0.25) is 0 Å². The van der Waals surface area contributed by atoms with Crippen LogP contribution in [0.4, 0.5) is 0 Å². The van der Waals surface area contributed by atoms with Crippen molar-refractivity contribution >= 4 is 43.5 Å². The van der Waals surface area contributed by atoms with Gasteiger partial charge in [-0.05, 0) is 79.1 Å². The van der Waals surface area contributed by atoms with E-state index in [9.17, 15) is 0 Å². The molecule has 0 bridgehead atoms. The topological polar surface area (TPSA) is 13.1 Å².